The van der Waals surface area contributed by atoms with Crippen molar-refractivity contribution in [2.24, 2.45) is 0 Å². The Bertz CT molecular complexity index is 1140. The number of aromatic nitrogens is 2. The van der Waals surface area contributed by atoms with E-state index in [0.717, 1.165) is 6.07 Å². The zero-order valence-corrected chi connectivity index (χ0v) is 15.8. The molecule has 1 aliphatic heterocycles. The van der Waals surface area contributed by atoms with Gasteiger partial charge in [-0.05, 0) is 24.6 Å². The van der Waals surface area contributed by atoms with Gasteiger partial charge in [0.1, 0.15) is 5.82 Å². The summed E-state index contributed by atoms with van der Waals surface area (Å²) in [6.07, 6.45) is -4.46. The number of alkyl halides is 5. The summed E-state index contributed by atoms with van der Waals surface area (Å²) in [5.41, 5.74) is -0.660. The molecule has 0 aliphatic carbocycles. The zero-order chi connectivity index (χ0) is 21.5. The first-order chi connectivity index (χ1) is 14.1. The molecule has 158 valence electrons. The monoisotopic (exact) mass is 423 g/mol. The molecule has 4 rings (SSSR count). The Kier molecular flexibility index (Phi) is 4.99. The molecule has 0 spiro atoms. The lowest BCUT2D eigenvalue weighted by atomic mass is 10.1. The topological polar surface area (TPSA) is 49.0 Å². The Balaban J connectivity index is 1.87. The summed E-state index contributed by atoms with van der Waals surface area (Å²) in [5, 5.41) is 0.400. The summed E-state index contributed by atoms with van der Waals surface area (Å²) in [4.78, 5) is 21.0. The highest BCUT2D eigenvalue weighted by Crippen LogP contribution is 2.37. The molecule has 0 saturated carbocycles. The first kappa shape index (κ1) is 20.3. The van der Waals surface area contributed by atoms with Crippen molar-refractivity contribution in [3.63, 3.8) is 0 Å². The van der Waals surface area contributed by atoms with Crippen molar-refractivity contribution < 1.29 is 22.0 Å². The van der Waals surface area contributed by atoms with E-state index >= 15 is 0 Å². The molecule has 0 radical (unpaired) electrons. The van der Waals surface area contributed by atoms with Gasteiger partial charge in [-0.1, -0.05) is 12.1 Å². The molecular weight excluding hydrogens is 405 g/mol. The smallest absolute Gasteiger partial charge is 0.356 e. The van der Waals surface area contributed by atoms with Crippen LogP contribution in [0.3, 0.4) is 0 Å². The van der Waals surface area contributed by atoms with Crippen LogP contribution in [0.2, 0.25) is 0 Å². The third-order valence-electron chi connectivity index (χ3n) is 5.24. The lowest BCUT2D eigenvalue weighted by Gasteiger charge is -2.25. The average Bonchev–Trinajstić information content (AvgIpc) is 2.87. The number of para-hydroxylation sites is 1. The SMILES string of the molecule is O=c1cc(-c2cc(C(F)(F)F)cnc2N2CCCC(F)(F)CC2)[nH]c2ccccc12. The van der Waals surface area contributed by atoms with Gasteiger partial charge in [-0.2, -0.15) is 13.2 Å². The van der Waals surface area contributed by atoms with Gasteiger partial charge in [0.25, 0.3) is 0 Å². The Hall–Kier alpha value is -2.97. The van der Waals surface area contributed by atoms with Gasteiger partial charge in [-0.25, -0.2) is 13.8 Å². The minimum absolute atomic E-state index is 0.0455. The Labute approximate surface area is 168 Å². The maximum atomic E-state index is 13.8. The number of aromatic amines is 1. The number of halogens is 5. The van der Waals surface area contributed by atoms with Gasteiger partial charge in [0.2, 0.25) is 5.92 Å². The van der Waals surface area contributed by atoms with E-state index in [1.807, 2.05) is 0 Å². The van der Waals surface area contributed by atoms with Crippen LogP contribution in [0.25, 0.3) is 22.2 Å². The summed E-state index contributed by atoms with van der Waals surface area (Å²) in [5.74, 6) is -2.68. The number of nitrogens with one attached hydrogen (secondary N) is 1. The number of hydrogen-bond donors (Lipinski definition) is 1. The molecule has 0 atom stereocenters. The largest absolute Gasteiger partial charge is 0.417 e. The maximum Gasteiger partial charge on any atom is 0.417 e. The second kappa shape index (κ2) is 7.37. The predicted octanol–water partition coefficient (Wildman–Crippen LogP) is 5.23. The Morgan fingerprint density at radius 1 is 1.07 bits per heavy atom. The highest BCUT2D eigenvalue weighted by atomic mass is 19.4. The van der Waals surface area contributed by atoms with Crippen molar-refractivity contribution in [3.05, 3.63) is 58.4 Å². The van der Waals surface area contributed by atoms with Crippen LogP contribution in [0.15, 0.2) is 47.4 Å². The van der Waals surface area contributed by atoms with Crippen molar-refractivity contribution in [2.75, 3.05) is 18.0 Å². The average molecular weight is 423 g/mol. The van der Waals surface area contributed by atoms with Crippen LogP contribution in [0.5, 0.6) is 0 Å². The van der Waals surface area contributed by atoms with E-state index in [0.29, 0.717) is 17.1 Å². The predicted molar refractivity (Wildman–Crippen MR) is 104 cm³/mol. The van der Waals surface area contributed by atoms with E-state index in [1.165, 1.54) is 6.07 Å². The quantitative estimate of drug-likeness (QED) is 0.574. The van der Waals surface area contributed by atoms with Gasteiger partial charge in [0.15, 0.2) is 5.43 Å². The molecule has 3 aromatic rings. The molecule has 4 nitrogen and oxygen atoms in total. The molecule has 2 aromatic heterocycles. The van der Waals surface area contributed by atoms with Crippen LogP contribution in [-0.2, 0) is 6.18 Å². The van der Waals surface area contributed by atoms with Crippen molar-refractivity contribution in [2.45, 2.75) is 31.4 Å². The first-order valence-corrected chi connectivity index (χ1v) is 9.46. The second-order valence-corrected chi connectivity index (χ2v) is 7.38. The fourth-order valence-electron chi connectivity index (χ4n) is 3.68. The highest BCUT2D eigenvalue weighted by Gasteiger charge is 2.35. The van der Waals surface area contributed by atoms with E-state index in [-0.39, 0.29) is 48.4 Å². The summed E-state index contributed by atoms with van der Waals surface area (Å²) < 4.78 is 67.6. The first-order valence-electron chi connectivity index (χ1n) is 9.46. The summed E-state index contributed by atoms with van der Waals surface area (Å²) >= 11 is 0. The van der Waals surface area contributed by atoms with E-state index in [4.69, 9.17) is 0 Å². The van der Waals surface area contributed by atoms with Crippen molar-refractivity contribution in [1.29, 1.82) is 0 Å². The van der Waals surface area contributed by atoms with E-state index in [9.17, 15) is 26.7 Å². The van der Waals surface area contributed by atoms with Crippen LogP contribution in [0.1, 0.15) is 24.8 Å². The van der Waals surface area contributed by atoms with Crippen molar-refractivity contribution in [3.8, 4) is 11.3 Å². The lowest BCUT2D eigenvalue weighted by Crippen LogP contribution is -2.27. The van der Waals surface area contributed by atoms with Gasteiger partial charge in [0, 0.05) is 54.7 Å². The van der Waals surface area contributed by atoms with Gasteiger partial charge in [-0.15, -0.1) is 0 Å². The van der Waals surface area contributed by atoms with E-state index in [1.54, 1.807) is 29.2 Å². The number of fused-ring (bicyclic) bond motifs is 1. The van der Waals surface area contributed by atoms with Crippen LogP contribution >= 0.6 is 0 Å². The molecule has 0 bridgehead atoms. The van der Waals surface area contributed by atoms with Crippen LogP contribution in [0, 0.1) is 0 Å². The van der Waals surface area contributed by atoms with Gasteiger partial charge < -0.3 is 9.88 Å². The molecule has 30 heavy (non-hydrogen) atoms. The van der Waals surface area contributed by atoms with Gasteiger partial charge in [-0.3, -0.25) is 4.79 Å². The highest BCUT2D eigenvalue weighted by molar-refractivity contribution is 5.83. The molecule has 3 heterocycles. The number of rotatable bonds is 2. The number of anilines is 1. The zero-order valence-electron chi connectivity index (χ0n) is 15.8. The fourth-order valence-corrected chi connectivity index (χ4v) is 3.68. The van der Waals surface area contributed by atoms with Gasteiger partial charge >= 0.3 is 6.18 Å². The van der Waals surface area contributed by atoms with E-state index in [2.05, 4.69) is 9.97 Å². The number of nitrogens with zero attached hydrogens (tertiary/aromatic N) is 2. The number of H-pyrrole nitrogens is 1. The molecular formula is C21H18F5N3O. The molecule has 1 aliphatic rings. The minimum atomic E-state index is -4.64. The molecule has 0 unspecified atom stereocenters. The Morgan fingerprint density at radius 3 is 2.60 bits per heavy atom. The van der Waals surface area contributed by atoms with Crippen molar-refractivity contribution in [1.82, 2.24) is 9.97 Å². The maximum absolute atomic E-state index is 13.8. The molecule has 0 amide bonds. The third kappa shape index (κ3) is 4.01. The van der Waals surface area contributed by atoms with Crippen molar-refractivity contribution >= 4 is 16.7 Å². The molecule has 9 heteroatoms. The molecule has 1 N–H and O–H groups in total. The number of benzene rings is 1. The summed E-state index contributed by atoms with van der Waals surface area (Å²) in [6.45, 7) is 0.189. The molecule has 1 fully saturated rings. The Morgan fingerprint density at radius 2 is 1.83 bits per heavy atom. The van der Waals surface area contributed by atoms with Crippen LogP contribution < -0.4 is 10.3 Å². The second-order valence-electron chi connectivity index (χ2n) is 7.38. The summed E-state index contributed by atoms with van der Waals surface area (Å²) in [6, 6.07) is 8.77. The third-order valence-corrected chi connectivity index (χ3v) is 5.24. The van der Waals surface area contributed by atoms with E-state index < -0.39 is 24.1 Å². The number of pyridine rings is 2. The normalized spacial score (nSPS) is 17.2. The minimum Gasteiger partial charge on any atom is -0.356 e. The fraction of sp³-hybridized carbons (Fsp3) is 0.333. The standard InChI is InChI=1S/C21H18F5N3O/c22-20(23)6-3-8-29(9-7-20)19-15(10-13(12-27-19)21(24,25)26)17-11-18(30)14-4-1-2-5-16(14)28-17/h1-2,4-5,10-12H,3,6-9H2,(H,28,30). The van der Waals surface area contributed by atoms with Gasteiger partial charge in [0.05, 0.1) is 11.3 Å². The summed E-state index contributed by atoms with van der Waals surface area (Å²) in [7, 11) is 0. The lowest BCUT2D eigenvalue weighted by molar-refractivity contribution is -0.137. The van der Waals surface area contributed by atoms with Crippen LogP contribution in [0.4, 0.5) is 27.8 Å². The van der Waals surface area contributed by atoms with Crippen LogP contribution in [-0.4, -0.2) is 29.0 Å². The number of hydrogen-bond acceptors (Lipinski definition) is 3. The molecule has 1 saturated heterocycles. The molecule has 1 aromatic carbocycles.